The Morgan fingerprint density at radius 3 is 2.16 bits per heavy atom. The molecular weight excluding hydrogens is 482 g/mol. The van der Waals surface area contributed by atoms with E-state index in [-0.39, 0.29) is 12.4 Å². The van der Waals surface area contributed by atoms with Crippen LogP contribution >= 0.6 is 0 Å². The molecule has 2 bridgehead atoms. The fourth-order valence-corrected chi connectivity index (χ4v) is 6.02. The standard InChI is InChI=1S/C29H43N5O4/c1-2-36-29(35)28-14-12-21(38-28)19-37-27-13-11-20-17-32-24-9-5-3-7-22(24)30-15-16-31-23-8-4-6-10-25(23)33-18-26(27)34-20/h11-14,22-25,30-33H,2-10,15-19H2,1H3/t22?,23-,24?,25-/m1/s1. The van der Waals surface area contributed by atoms with Crippen molar-refractivity contribution in [2.45, 2.75) is 102 Å². The van der Waals surface area contributed by atoms with Crippen molar-refractivity contribution in [2.75, 3.05) is 19.7 Å². The third kappa shape index (κ3) is 7.14. The second-order valence-corrected chi connectivity index (χ2v) is 10.7. The molecule has 208 valence electrons. The zero-order valence-electron chi connectivity index (χ0n) is 22.6. The monoisotopic (exact) mass is 525 g/mol. The number of carbonyl (C=O) groups is 1. The van der Waals surface area contributed by atoms with Gasteiger partial charge in [-0.3, -0.25) is 4.98 Å². The molecular formula is C29H43N5O4. The molecule has 1 aliphatic heterocycles. The lowest BCUT2D eigenvalue weighted by molar-refractivity contribution is 0.0486. The summed E-state index contributed by atoms with van der Waals surface area (Å²) < 4.78 is 16.8. The van der Waals surface area contributed by atoms with E-state index in [0.29, 0.717) is 43.1 Å². The molecule has 2 fully saturated rings. The maximum absolute atomic E-state index is 11.9. The molecule has 0 spiro atoms. The van der Waals surface area contributed by atoms with Gasteiger partial charge >= 0.3 is 5.97 Å². The van der Waals surface area contributed by atoms with Crippen molar-refractivity contribution in [1.29, 1.82) is 0 Å². The largest absolute Gasteiger partial charge is 0.484 e. The van der Waals surface area contributed by atoms with Crippen LogP contribution in [-0.4, -0.2) is 54.8 Å². The third-order valence-corrected chi connectivity index (χ3v) is 8.05. The highest BCUT2D eigenvalue weighted by atomic mass is 16.5. The molecule has 4 N–H and O–H groups in total. The van der Waals surface area contributed by atoms with Crippen LogP contribution in [0.5, 0.6) is 5.75 Å². The van der Waals surface area contributed by atoms with Crippen LogP contribution in [0.15, 0.2) is 28.7 Å². The van der Waals surface area contributed by atoms with Crippen molar-refractivity contribution in [3.8, 4) is 5.75 Å². The Balaban J connectivity index is 1.31. The van der Waals surface area contributed by atoms with E-state index in [9.17, 15) is 4.79 Å². The predicted octanol–water partition coefficient (Wildman–Crippen LogP) is 3.42. The van der Waals surface area contributed by atoms with Crippen LogP contribution in [0.3, 0.4) is 0 Å². The summed E-state index contributed by atoms with van der Waals surface area (Å²) in [6.07, 6.45) is 9.88. The summed E-state index contributed by atoms with van der Waals surface area (Å²) in [4.78, 5) is 17.0. The molecule has 2 aromatic rings. The van der Waals surface area contributed by atoms with Crippen molar-refractivity contribution >= 4 is 5.97 Å². The quantitative estimate of drug-likeness (QED) is 0.437. The molecule has 0 aromatic carbocycles. The van der Waals surface area contributed by atoms with Gasteiger partial charge in [0.2, 0.25) is 5.76 Å². The number of aromatic nitrogens is 1. The van der Waals surface area contributed by atoms with Gasteiger partial charge in [0.05, 0.1) is 18.0 Å². The van der Waals surface area contributed by atoms with Gasteiger partial charge in [-0.05, 0) is 56.9 Å². The van der Waals surface area contributed by atoms with Crippen molar-refractivity contribution in [1.82, 2.24) is 26.3 Å². The summed E-state index contributed by atoms with van der Waals surface area (Å²) in [7, 11) is 0. The van der Waals surface area contributed by atoms with E-state index in [1.165, 1.54) is 44.9 Å². The number of furan rings is 1. The lowest BCUT2D eigenvalue weighted by Crippen LogP contribution is -2.53. The minimum atomic E-state index is -0.461. The number of ether oxygens (including phenoxy) is 2. The Labute approximate surface area is 225 Å². The molecule has 2 saturated carbocycles. The Hall–Kier alpha value is -2.46. The SMILES string of the molecule is CCOC(=O)c1ccc(COc2ccc3nc2CN[C@@H]2CCCC[C@H]2NCCNC2CCCCC2NC3)o1. The first-order valence-corrected chi connectivity index (χ1v) is 14.5. The Bertz CT molecular complexity index is 1040. The van der Waals surface area contributed by atoms with Crippen molar-refractivity contribution in [3.05, 3.63) is 47.2 Å². The third-order valence-electron chi connectivity index (χ3n) is 8.05. The molecule has 4 atom stereocenters. The number of hydrogen-bond donors (Lipinski definition) is 4. The molecule has 2 aliphatic carbocycles. The predicted molar refractivity (Wildman–Crippen MR) is 145 cm³/mol. The number of pyridine rings is 1. The first-order valence-electron chi connectivity index (χ1n) is 14.5. The Morgan fingerprint density at radius 1 is 0.868 bits per heavy atom. The number of nitrogens with one attached hydrogen (secondary N) is 4. The maximum Gasteiger partial charge on any atom is 0.374 e. The molecule has 3 aliphatic rings. The molecule has 38 heavy (non-hydrogen) atoms. The number of carbonyl (C=O) groups excluding carboxylic acids is 1. The lowest BCUT2D eigenvalue weighted by atomic mass is 9.89. The van der Waals surface area contributed by atoms with E-state index >= 15 is 0 Å². The molecule has 2 aromatic heterocycles. The fraction of sp³-hybridized carbons (Fsp3) is 0.655. The molecule has 2 unspecified atom stereocenters. The normalized spacial score (nSPS) is 26.8. The second-order valence-electron chi connectivity index (χ2n) is 10.7. The summed E-state index contributed by atoms with van der Waals surface area (Å²) in [5.41, 5.74) is 1.92. The van der Waals surface area contributed by atoms with Crippen LogP contribution < -0.4 is 26.0 Å². The fourth-order valence-electron chi connectivity index (χ4n) is 6.02. The number of fused-ring (bicyclic) bond motifs is 4. The summed E-state index contributed by atoms with van der Waals surface area (Å²) in [6, 6.07) is 9.28. The smallest absolute Gasteiger partial charge is 0.374 e. The van der Waals surface area contributed by atoms with Gasteiger partial charge in [-0.25, -0.2) is 4.79 Å². The molecule has 5 rings (SSSR count). The highest BCUT2D eigenvalue weighted by Gasteiger charge is 2.27. The van der Waals surface area contributed by atoms with E-state index in [2.05, 4.69) is 21.3 Å². The molecule has 0 amide bonds. The van der Waals surface area contributed by atoms with Gasteiger partial charge in [0.25, 0.3) is 0 Å². The minimum Gasteiger partial charge on any atom is -0.484 e. The van der Waals surface area contributed by atoms with E-state index < -0.39 is 5.97 Å². The summed E-state index contributed by atoms with van der Waals surface area (Å²) >= 11 is 0. The molecule has 9 nitrogen and oxygen atoms in total. The zero-order chi connectivity index (χ0) is 26.2. The van der Waals surface area contributed by atoms with Crippen molar-refractivity contribution < 1.29 is 18.7 Å². The highest BCUT2D eigenvalue weighted by Crippen LogP contribution is 2.24. The summed E-state index contributed by atoms with van der Waals surface area (Å²) in [5, 5.41) is 15.2. The minimum absolute atomic E-state index is 0.190. The van der Waals surface area contributed by atoms with Crippen LogP contribution in [-0.2, 0) is 24.4 Å². The topological polar surface area (TPSA) is 110 Å². The Morgan fingerprint density at radius 2 is 1.50 bits per heavy atom. The van der Waals surface area contributed by atoms with E-state index in [1.807, 2.05) is 12.1 Å². The van der Waals surface area contributed by atoms with E-state index in [4.69, 9.17) is 18.9 Å². The van der Waals surface area contributed by atoms with Crippen LogP contribution in [0.1, 0.15) is 86.0 Å². The number of nitrogens with zero attached hydrogens (tertiary/aromatic N) is 1. The first kappa shape index (κ1) is 27.1. The van der Waals surface area contributed by atoms with Gasteiger partial charge in [-0.1, -0.05) is 25.7 Å². The van der Waals surface area contributed by atoms with Gasteiger partial charge in [0.15, 0.2) is 0 Å². The van der Waals surface area contributed by atoms with Crippen LogP contribution in [0, 0.1) is 0 Å². The van der Waals surface area contributed by atoms with Crippen LogP contribution in [0.4, 0.5) is 0 Å². The van der Waals surface area contributed by atoms with Gasteiger partial charge in [-0.15, -0.1) is 0 Å². The van der Waals surface area contributed by atoms with Crippen molar-refractivity contribution in [3.63, 3.8) is 0 Å². The van der Waals surface area contributed by atoms with E-state index in [0.717, 1.165) is 43.2 Å². The number of rotatable bonds is 5. The van der Waals surface area contributed by atoms with Gasteiger partial charge in [0.1, 0.15) is 18.1 Å². The Kier molecular flexibility index (Phi) is 9.67. The highest BCUT2D eigenvalue weighted by molar-refractivity contribution is 5.86. The average molecular weight is 526 g/mol. The summed E-state index contributed by atoms with van der Waals surface area (Å²) in [5.74, 6) is 1.04. The van der Waals surface area contributed by atoms with Crippen LogP contribution in [0.25, 0.3) is 0 Å². The maximum atomic E-state index is 11.9. The zero-order valence-corrected chi connectivity index (χ0v) is 22.6. The summed E-state index contributed by atoms with van der Waals surface area (Å²) in [6.45, 7) is 5.67. The lowest BCUT2D eigenvalue weighted by Gasteiger charge is -2.34. The average Bonchev–Trinajstić information content (AvgIpc) is 3.42. The first-order chi connectivity index (χ1) is 18.7. The molecule has 0 saturated heterocycles. The van der Waals surface area contributed by atoms with Crippen LogP contribution in [0.2, 0.25) is 0 Å². The van der Waals surface area contributed by atoms with E-state index in [1.54, 1.807) is 19.1 Å². The molecule has 9 heteroatoms. The second kappa shape index (κ2) is 13.6. The van der Waals surface area contributed by atoms with Gasteiger partial charge in [-0.2, -0.15) is 0 Å². The molecule has 0 radical (unpaired) electrons. The number of hydrogen-bond acceptors (Lipinski definition) is 9. The number of esters is 1. The molecule has 3 heterocycles. The van der Waals surface area contributed by atoms with Gasteiger partial charge in [0, 0.05) is 50.3 Å². The van der Waals surface area contributed by atoms with Crippen molar-refractivity contribution in [2.24, 2.45) is 0 Å². The van der Waals surface area contributed by atoms with Gasteiger partial charge < -0.3 is 35.2 Å².